The fourth-order valence-corrected chi connectivity index (χ4v) is 2.36. The molecule has 0 radical (unpaired) electrons. The highest BCUT2D eigenvalue weighted by Crippen LogP contribution is 2.23. The van der Waals surface area contributed by atoms with E-state index in [0.29, 0.717) is 24.5 Å². The first-order valence-corrected chi connectivity index (χ1v) is 8.16. The van der Waals surface area contributed by atoms with E-state index in [-0.39, 0.29) is 5.91 Å². The monoisotopic (exact) mass is 377 g/mol. The van der Waals surface area contributed by atoms with Crippen molar-refractivity contribution in [3.8, 4) is 0 Å². The standard InChI is InChI=1S/C17H20BrN3O2/c1-12-4-5-14(11-15(12)18)21-16-10-13(6-8-19-16)17(22)20-7-3-9-23-2/h4-6,8,10-11H,3,7,9H2,1-2H3,(H,19,21)(H,20,22). The average Bonchev–Trinajstić information content (AvgIpc) is 2.55. The summed E-state index contributed by atoms with van der Waals surface area (Å²) < 4.78 is 5.98. The van der Waals surface area contributed by atoms with Crippen LogP contribution in [0.5, 0.6) is 0 Å². The second kappa shape index (κ2) is 8.64. The number of amides is 1. The Morgan fingerprint density at radius 3 is 2.87 bits per heavy atom. The second-order valence-electron chi connectivity index (χ2n) is 5.12. The van der Waals surface area contributed by atoms with Gasteiger partial charge < -0.3 is 15.4 Å². The van der Waals surface area contributed by atoms with Crippen molar-refractivity contribution in [1.82, 2.24) is 10.3 Å². The third kappa shape index (κ3) is 5.33. The van der Waals surface area contributed by atoms with Crippen LogP contribution in [0.15, 0.2) is 41.0 Å². The minimum absolute atomic E-state index is 0.114. The Morgan fingerprint density at radius 2 is 2.13 bits per heavy atom. The Morgan fingerprint density at radius 1 is 1.30 bits per heavy atom. The van der Waals surface area contributed by atoms with Gasteiger partial charge in [0.25, 0.3) is 5.91 Å². The Hall–Kier alpha value is -1.92. The first-order valence-electron chi connectivity index (χ1n) is 7.36. The van der Waals surface area contributed by atoms with Gasteiger partial charge in [-0.3, -0.25) is 4.79 Å². The van der Waals surface area contributed by atoms with Crippen molar-refractivity contribution in [3.05, 3.63) is 52.1 Å². The molecule has 5 nitrogen and oxygen atoms in total. The van der Waals surface area contributed by atoms with E-state index in [2.05, 4.69) is 31.5 Å². The minimum atomic E-state index is -0.114. The molecule has 122 valence electrons. The quantitative estimate of drug-likeness (QED) is 0.722. The predicted molar refractivity (Wildman–Crippen MR) is 95.2 cm³/mol. The first kappa shape index (κ1) is 17.4. The number of halogens is 1. The Labute approximate surface area is 144 Å². The molecule has 2 N–H and O–H groups in total. The van der Waals surface area contributed by atoms with E-state index in [9.17, 15) is 4.79 Å². The van der Waals surface area contributed by atoms with Crippen LogP contribution in [0.3, 0.4) is 0 Å². The maximum Gasteiger partial charge on any atom is 0.251 e. The number of aromatic nitrogens is 1. The third-order valence-corrected chi connectivity index (χ3v) is 4.13. The van der Waals surface area contributed by atoms with E-state index in [1.54, 1.807) is 25.4 Å². The lowest BCUT2D eigenvalue weighted by atomic mass is 10.2. The van der Waals surface area contributed by atoms with Crippen molar-refractivity contribution in [2.24, 2.45) is 0 Å². The number of rotatable bonds is 7. The second-order valence-corrected chi connectivity index (χ2v) is 5.98. The van der Waals surface area contributed by atoms with Gasteiger partial charge in [-0.25, -0.2) is 4.98 Å². The number of hydrogen-bond acceptors (Lipinski definition) is 4. The van der Waals surface area contributed by atoms with Gasteiger partial charge in [0.1, 0.15) is 5.82 Å². The molecule has 0 aliphatic carbocycles. The van der Waals surface area contributed by atoms with Crippen LogP contribution in [0.2, 0.25) is 0 Å². The number of nitrogens with one attached hydrogen (secondary N) is 2. The predicted octanol–water partition coefficient (Wildman–Crippen LogP) is 3.66. The van der Waals surface area contributed by atoms with Gasteiger partial charge in [-0.1, -0.05) is 22.0 Å². The van der Waals surface area contributed by atoms with Crippen LogP contribution in [-0.2, 0) is 4.74 Å². The molecule has 1 heterocycles. The molecule has 1 aromatic heterocycles. The number of nitrogens with zero attached hydrogens (tertiary/aromatic N) is 1. The van der Waals surface area contributed by atoms with Gasteiger partial charge >= 0.3 is 0 Å². The van der Waals surface area contributed by atoms with Gasteiger partial charge in [-0.15, -0.1) is 0 Å². The van der Waals surface area contributed by atoms with Gasteiger partial charge in [-0.2, -0.15) is 0 Å². The topological polar surface area (TPSA) is 63.2 Å². The first-order chi connectivity index (χ1) is 11.1. The van der Waals surface area contributed by atoms with Crippen LogP contribution in [0.1, 0.15) is 22.3 Å². The van der Waals surface area contributed by atoms with Crippen molar-refractivity contribution in [3.63, 3.8) is 0 Å². The average molecular weight is 378 g/mol. The molecule has 0 unspecified atom stereocenters. The van der Waals surface area contributed by atoms with Crippen molar-refractivity contribution >= 4 is 33.3 Å². The molecule has 0 spiro atoms. The lowest BCUT2D eigenvalue weighted by Crippen LogP contribution is -2.25. The lowest BCUT2D eigenvalue weighted by molar-refractivity contribution is 0.0948. The molecular formula is C17H20BrN3O2. The molecule has 0 aliphatic heterocycles. The number of hydrogen-bond donors (Lipinski definition) is 2. The van der Waals surface area contributed by atoms with Crippen molar-refractivity contribution in [2.45, 2.75) is 13.3 Å². The molecule has 23 heavy (non-hydrogen) atoms. The Kier molecular flexibility index (Phi) is 6.55. The van der Waals surface area contributed by atoms with Crippen molar-refractivity contribution in [2.75, 3.05) is 25.6 Å². The van der Waals surface area contributed by atoms with E-state index < -0.39 is 0 Å². The van der Waals surface area contributed by atoms with Crippen LogP contribution in [0.25, 0.3) is 0 Å². The summed E-state index contributed by atoms with van der Waals surface area (Å²) in [7, 11) is 1.64. The van der Waals surface area contributed by atoms with Crippen molar-refractivity contribution < 1.29 is 9.53 Å². The number of carbonyl (C=O) groups is 1. The minimum Gasteiger partial charge on any atom is -0.385 e. The highest BCUT2D eigenvalue weighted by Gasteiger charge is 2.07. The van der Waals surface area contributed by atoms with Crippen LogP contribution < -0.4 is 10.6 Å². The smallest absolute Gasteiger partial charge is 0.251 e. The molecule has 0 aliphatic rings. The SMILES string of the molecule is COCCCNC(=O)c1ccnc(Nc2ccc(C)c(Br)c2)c1. The van der Waals surface area contributed by atoms with E-state index in [1.165, 1.54) is 0 Å². The molecule has 0 fully saturated rings. The summed E-state index contributed by atoms with van der Waals surface area (Å²) in [6.07, 6.45) is 2.41. The zero-order valence-electron chi connectivity index (χ0n) is 13.2. The Balaban J connectivity index is 2.01. The van der Waals surface area contributed by atoms with Crippen molar-refractivity contribution in [1.29, 1.82) is 0 Å². The molecule has 2 aromatic rings. The maximum absolute atomic E-state index is 12.1. The third-order valence-electron chi connectivity index (χ3n) is 3.28. The molecule has 0 atom stereocenters. The van der Waals surface area contributed by atoms with Crippen LogP contribution in [0, 0.1) is 6.92 Å². The summed E-state index contributed by atoms with van der Waals surface area (Å²) in [5, 5.41) is 6.06. The molecule has 0 saturated heterocycles. The molecule has 0 saturated carbocycles. The fraction of sp³-hybridized carbons (Fsp3) is 0.294. The molecule has 0 bridgehead atoms. The molecule has 1 amide bonds. The number of pyridine rings is 1. The zero-order chi connectivity index (χ0) is 16.7. The number of anilines is 2. The van der Waals surface area contributed by atoms with E-state index in [0.717, 1.165) is 22.1 Å². The molecule has 6 heteroatoms. The number of aryl methyl sites for hydroxylation is 1. The summed E-state index contributed by atoms with van der Waals surface area (Å²) in [6.45, 7) is 3.25. The fourth-order valence-electron chi connectivity index (χ4n) is 1.98. The van der Waals surface area contributed by atoms with E-state index >= 15 is 0 Å². The molecule has 1 aromatic carbocycles. The largest absolute Gasteiger partial charge is 0.385 e. The molecular weight excluding hydrogens is 358 g/mol. The van der Waals surface area contributed by atoms with Crippen LogP contribution in [0.4, 0.5) is 11.5 Å². The van der Waals surface area contributed by atoms with Gasteiger partial charge in [0.05, 0.1) is 0 Å². The summed E-state index contributed by atoms with van der Waals surface area (Å²) in [5.74, 6) is 0.516. The highest BCUT2D eigenvalue weighted by molar-refractivity contribution is 9.10. The highest BCUT2D eigenvalue weighted by atomic mass is 79.9. The Bertz CT molecular complexity index is 677. The van der Waals surface area contributed by atoms with E-state index in [4.69, 9.17) is 4.74 Å². The number of methoxy groups -OCH3 is 1. The summed E-state index contributed by atoms with van der Waals surface area (Å²) >= 11 is 3.50. The zero-order valence-corrected chi connectivity index (χ0v) is 14.8. The summed E-state index contributed by atoms with van der Waals surface area (Å²) in [6, 6.07) is 9.40. The van der Waals surface area contributed by atoms with Gasteiger partial charge in [0.15, 0.2) is 0 Å². The van der Waals surface area contributed by atoms with Crippen LogP contribution in [-0.4, -0.2) is 31.2 Å². The van der Waals surface area contributed by atoms with Gasteiger partial charge in [0.2, 0.25) is 0 Å². The van der Waals surface area contributed by atoms with Crippen LogP contribution >= 0.6 is 15.9 Å². The normalized spacial score (nSPS) is 10.4. The van der Waals surface area contributed by atoms with E-state index in [1.807, 2.05) is 25.1 Å². The van der Waals surface area contributed by atoms with Gasteiger partial charge in [0, 0.05) is 42.2 Å². The summed E-state index contributed by atoms with van der Waals surface area (Å²) in [4.78, 5) is 16.3. The maximum atomic E-state index is 12.1. The summed E-state index contributed by atoms with van der Waals surface area (Å²) in [5.41, 5.74) is 2.64. The lowest BCUT2D eigenvalue weighted by Gasteiger charge is -2.09. The molecule has 2 rings (SSSR count). The number of ether oxygens (including phenoxy) is 1. The number of carbonyl (C=O) groups excluding carboxylic acids is 1. The van der Waals surface area contributed by atoms with Gasteiger partial charge in [-0.05, 0) is 43.2 Å². The number of benzene rings is 1.